The monoisotopic (exact) mass is 215 g/mol. The van der Waals surface area contributed by atoms with Crippen LogP contribution in [0.2, 0.25) is 0 Å². The van der Waals surface area contributed by atoms with E-state index in [9.17, 15) is 0 Å². The van der Waals surface area contributed by atoms with Gasteiger partial charge >= 0.3 is 0 Å². The summed E-state index contributed by atoms with van der Waals surface area (Å²) in [6.07, 6.45) is 6.70. The first kappa shape index (κ1) is 14.9. The Balaban J connectivity index is 3.48. The quantitative estimate of drug-likeness (QED) is 0.433. The third-order valence-corrected chi connectivity index (χ3v) is 2.59. The molecule has 0 aliphatic heterocycles. The summed E-state index contributed by atoms with van der Waals surface area (Å²) in [6, 6.07) is 0.558. The van der Waals surface area contributed by atoms with Gasteiger partial charge in [0.05, 0.1) is 0 Å². The molecule has 0 aromatic heterocycles. The van der Waals surface area contributed by atoms with E-state index in [-0.39, 0.29) is 0 Å². The minimum atomic E-state index is 0.558. The first-order chi connectivity index (χ1) is 7.22. The van der Waals surface area contributed by atoms with Gasteiger partial charge in [-0.05, 0) is 20.3 Å². The molecule has 0 fully saturated rings. The van der Waals surface area contributed by atoms with Crippen LogP contribution in [-0.2, 0) is 0 Å². The van der Waals surface area contributed by atoms with Crippen LogP contribution in [0.3, 0.4) is 0 Å². The Morgan fingerprint density at radius 2 is 1.80 bits per heavy atom. The molecule has 0 aliphatic rings. The van der Waals surface area contributed by atoms with E-state index in [1.54, 1.807) is 0 Å². The van der Waals surface area contributed by atoms with Gasteiger partial charge in [-0.1, -0.05) is 32.6 Å². The summed E-state index contributed by atoms with van der Waals surface area (Å²) >= 11 is 0. The van der Waals surface area contributed by atoms with Crippen molar-refractivity contribution in [1.82, 2.24) is 10.4 Å². The van der Waals surface area contributed by atoms with Gasteiger partial charge < -0.3 is 5.73 Å². The number of nitrogens with one attached hydrogen (secondary N) is 1. The van der Waals surface area contributed by atoms with E-state index in [0.717, 1.165) is 13.1 Å². The fraction of sp³-hybridized carbons (Fsp3) is 1.00. The Morgan fingerprint density at radius 1 is 1.13 bits per heavy atom. The largest absolute Gasteiger partial charge is 0.329 e. The second-order valence-electron chi connectivity index (χ2n) is 4.40. The van der Waals surface area contributed by atoms with Gasteiger partial charge in [0, 0.05) is 25.7 Å². The third kappa shape index (κ3) is 8.85. The maximum Gasteiger partial charge on any atom is 0.0225 e. The molecular formula is C12H29N3. The summed E-state index contributed by atoms with van der Waals surface area (Å²) < 4.78 is 0. The summed E-state index contributed by atoms with van der Waals surface area (Å²) in [6.45, 7) is 9.42. The van der Waals surface area contributed by atoms with Crippen LogP contribution in [0.25, 0.3) is 0 Å². The van der Waals surface area contributed by atoms with Crippen LogP contribution >= 0.6 is 0 Å². The average molecular weight is 215 g/mol. The van der Waals surface area contributed by atoms with Crippen molar-refractivity contribution in [1.29, 1.82) is 0 Å². The van der Waals surface area contributed by atoms with Crippen molar-refractivity contribution in [2.45, 2.75) is 58.9 Å². The number of hydrogen-bond acceptors (Lipinski definition) is 3. The maximum atomic E-state index is 5.48. The third-order valence-electron chi connectivity index (χ3n) is 2.59. The van der Waals surface area contributed by atoms with Crippen LogP contribution < -0.4 is 11.2 Å². The molecule has 0 aromatic rings. The smallest absolute Gasteiger partial charge is 0.0225 e. The predicted octanol–water partition coefficient (Wildman–Crippen LogP) is 2.13. The van der Waals surface area contributed by atoms with Crippen molar-refractivity contribution in [2.75, 3.05) is 19.6 Å². The molecule has 0 bridgehead atoms. The van der Waals surface area contributed by atoms with E-state index in [0.29, 0.717) is 12.6 Å². The molecule has 0 radical (unpaired) electrons. The van der Waals surface area contributed by atoms with Gasteiger partial charge in [0.15, 0.2) is 0 Å². The molecule has 0 unspecified atom stereocenters. The number of nitrogens with zero attached hydrogens (tertiary/aromatic N) is 1. The lowest BCUT2D eigenvalue weighted by molar-refractivity contribution is 0.142. The van der Waals surface area contributed by atoms with Crippen molar-refractivity contribution in [3.8, 4) is 0 Å². The SMILES string of the molecule is CCCCCCCN(NCCN)C(C)C. The van der Waals surface area contributed by atoms with Gasteiger partial charge in [0.1, 0.15) is 0 Å². The lowest BCUT2D eigenvalue weighted by atomic mass is 10.1. The summed E-state index contributed by atoms with van der Waals surface area (Å²) in [5.74, 6) is 0. The van der Waals surface area contributed by atoms with Crippen LogP contribution in [0.4, 0.5) is 0 Å². The van der Waals surface area contributed by atoms with E-state index in [2.05, 4.69) is 31.2 Å². The highest BCUT2D eigenvalue weighted by Crippen LogP contribution is 2.04. The molecule has 0 spiro atoms. The van der Waals surface area contributed by atoms with Crippen LogP contribution in [-0.4, -0.2) is 30.7 Å². The van der Waals surface area contributed by atoms with E-state index in [4.69, 9.17) is 5.73 Å². The Labute approximate surface area is 95.4 Å². The second-order valence-corrected chi connectivity index (χ2v) is 4.40. The molecule has 3 N–H and O–H groups in total. The molecule has 3 heteroatoms. The van der Waals surface area contributed by atoms with Crippen molar-refractivity contribution in [3.63, 3.8) is 0 Å². The van der Waals surface area contributed by atoms with Gasteiger partial charge in [-0.25, -0.2) is 5.01 Å². The van der Waals surface area contributed by atoms with Crippen LogP contribution in [0.1, 0.15) is 52.9 Å². The predicted molar refractivity (Wildman–Crippen MR) is 67.7 cm³/mol. The van der Waals surface area contributed by atoms with Gasteiger partial charge in [-0.3, -0.25) is 5.43 Å². The second kappa shape index (κ2) is 10.4. The van der Waals surface area contributed by atoms with Gasteiger partial charge in [-0.2, -0.15) is 0 Å². The minimum Gasteiger partial charge on any atom is -0.329 e. The Kier molecular flexibility index (Phi) is 10.3. The van der Waals surface area contributed by atoms with E-state index in [1.165, 1.54) is 32.1 Å². The first-order valence-corrected chi connectivity index (χ1v) is 6.42. The molecule has 0 heterocycles. The summed E-state index contributed by atoms with van der Waals surface area (Å²) in [5, 5.41) is 2.30. The van der Waals surface area contributed by atoms with Gasteiger partial charge in [-0.15, -0.1) is 0 Å². The fourth-order valence-corrected chi connectivity index (χ4v) is 1.61. The van der Waals surface area contributed by atoms with Crippen LogP contribution in [0.5, 0.6) is 0 Å². The summed E-state index contributed by atoms with van der Waals surface area (Å²) in [5.41, 5.74) is 8.85. The lowest BCUT2D eigenvalue weighted by Crippen LogP contribution is -2.45. The molecule has 0 aliphatic carbocycles. The maximum absolute atomic E-state index is 5.48. The Bertz CT molecular complexity index is 126. The van der Waals surface area contributed by atoms with Crippen LogP contribution in [0.15, 0.2) is 0 Å². The van der Waals surface area contributed by atoms with E-state index < -0.39 is 0 Å². The van der Waals surface area contributed by atoms with Crippen molar-refractivity contribution >= 4 is 0 Å². The number of unbranched alkanes of at least 4 members (excludes halogenated alkanes) is 4. The molecule has 0 atom stereocenters. The van der Waals surface area contributed by atoms with E-state index in [1.807, 2.05) is 0 Å². The highest BCUT2D eigenvalue weighted by atomic mass is 15.5. The molecule has 0 saturated carbocycles. The van der Waals surface area contributed by atoms with Crippen molar-refractivity contribution in [2.24, 2.45) is 5.73 Å². The van der Waals surface area contributed by atoms with Crippen molar-refractivity contribution in [3.05, 3.63) is 0 Å². The standard InChI is InChI=1S/C12H29N3/c1-4-5-6-7-8-11-15(12(2)3)14-10-9-13/h12,14H,4-11,13H2,1-3H3. The molecular weight excluding hydrogens is 186 g/mol. The Morgan fingerprint density at radius 3 is 2.33 bits per heavy atom. The first-order valence-electron chi connectivity index (χ1n) is 6.42. The molecule has 92 valence electrons. The average Bonchev–Trinajstić information content (AvgIpc) is 2.21. The van der Waals surface area contributed by atoms with Gasteiger partial charge in [0.2, 0.25) is 0 Å². The zero-order valence-corrected chi connectivity index (χ0v) is 10.8. The summed E-state index contributed by atoms with van der Waals surface area (Å²) in [4.78, 5) is 0. The molecule has 0 saturated heterocycles. The normalized spacial score (nSPS) is 11.6. The zero-order valence-electron chi connectivity index (χ0n) is 10.8. The molecule has 15 heavy (non-hydrogen) atoms. The zero-order chi connectivity index (χ0) is 11.5. The molecule has 3 nitrogen and oxygen atoms in total. The Hall–Kier alpha value is -0.120. The summed E-state index contributed by atoms with van der Waals surface area (Å²) in [7, 11) is 0. The number of hydrogen-bond donors (Lipinski definition) is 2. The van der Waals surface area contributed by atoms with E-state index >= 15 is 0 Å². The fourth-order valence-electron chi connectivity index (χ4n) is 1.61. The number of nitrogens with two attached hydrogens (primary N) is 1. The van der Waals surface area contributed by atoms with Gasteiger partial charge in [0.25, 0.3) is 0 Å². The van der Waals surface area contributed by atoms with Crippen molar-refractivity contribution < 1.29 is 0 Å². The molecule has 0 amide bonds. The molecule has 0 aromatic carbocycles. The number of rotatable bonds is 10. The molecule has 0 rings (SSSR count). The topological polar surface area (TPSA) is 41.3 Å². The van der Waals surface area contributed by atoms with Crippen LogP contribution in [0, 0.1) is 0 Å². The highest BCUT2D eigenvalue weighted by molar-refractivity contribution is 4.58. The minimum absolute atomic E-state index is 0.558. The lowest BCUT2D eigenvalue weighted by Gasteiger charge is -2.27. The number of hydrazine groups is 1. The highest BCUT2D eigenvalue weighted by Gasteiger charge is 2.06.